The Labute approximate surface area is 194 Å². The number of hydrogen-bond donors (Lipinski definition) is 0. The highest BCUT2D eigenvalue weighted by atomic mass is 16.5. The van der Waals surface area contributed by atoms with Gasteiger partial charge in [0.2, 0.25) is 0 Å². The van der Waals surface area contributed by atoms with E-state index in [1.54, 1.807) is 6.07 Å². The predicted octanol–water partition coefficient (Wildman–Crippen LogP) is 4.09. The second-order valence-corrected chi connectivity index (χ2v) is 8.35. The molecule has 7 heteroatoms. The number of nitriles is 1. The van der Waals surface area contributed by atoms with Gasteiger partial charge in [-0.15, -0.1) is 0 Å². The minimum Gasteiger partial charge on any atom is -0.489 e. The van der Waals surface area contributed by atoms with Crippen LogP contribution < -0.4 is 4.74 Å². The Bertz CT molecular complexity index is 1130. The summed E-state index contributed by atoms with van der Waals surface area (Å²) in [5, 5.41) is 12.9. The van der Waals surface area contributed by atoms with Crippen LogP contribution in [0.4, 0.5) is 0 Å². The fraction of sp³-hybridized carbons (Fsp3) is 0.346. The number of benzene rings is 2. The molecule has 7 nitrogen and oxygen atoms in total. The minimum atomic E-state index is 0.0259. The molecule has 33 heavy (non-hydrogen) atoms. The van der Waals surface area contributed by atoms with Crippen molar-refractivity contribution in [3.8, 4) is 11.8 Å². The van der Waals surface area contributed by atoms with Crippen molar-refractivity contribution >= 4 is 5.91 Å². The first kappa shape index (κ1) is 22.6. The van der Waals surface area contributed by atoms with E-state index in [9.17, 15) is 4.79 Å². The summed E-state index contributed by atoms with van der Waals surface area (Å²) < 4.78 is 11.1. The highest BCUT2D eigenvalue weighted by molar-refractivity contribution is 5.94. The van der Waals surface area contributed by atoms with Crippen LogP contribution in [0.25, 0.3) is 0 Å². The largest absolute Gasteiger partial charge is 0.489 e. The van der Waals surface area contributed by atoms with Gasteiger partial charge in [0.25, 0.3) is 5.91 Å². The van der Waals surface area contributed by atoms with Gasteiger partial charge in [-0.2, -0.15) is 5.26 Å². The second-order valence-electron chi connectivity index (χ2n) is 8.35. The average molecular weight is 445 g/mol. The summed E-state index contributed by atoms with van der Waals surface area (Å²) in [7, 11) is 0. The zero-order valence-corrected chi connectivity index (χ0v) is 19.1. The van der Waals surface area contributed by atoms with Crippen LogP contribution in [0.3, 0.4) is 0 Å². The first-order valence-corrected chi connectivity index (χ1v) is 11.2. The zero-order valence-electron chi connectivity index (χ0n) is 19.1. The number of aryl methyl sites for hydroxylation is 2. The summed E-state index contributed by atoms with van der Waals surface area (Å²) in [4.78, 5) is 17.5. The molecule has 0 N–H and O–H groups in total. The number of nitrogens with zero attached hydrogens (tertiary/aromatic N) is 4. The first-order valence-electron chi connectivity index (χ1n) is 11.2. The molecule has 0 radical (unpaired) electrons. The molecule has 0 saturated carbocycles. The highest BCUT2D eigenvalue weighted by Crippen LogP contribution is 2.20. The normalized spacial score (nSPS) is 14.5. The van der Waals surface area contributed by atoms with E-state index in [1.165, 1.54) is 5.56 Å². The fourth-order valence-corrected chi connectivity index (χ4v) is 4.04. The van der Waals surface area contributed by atoms with Crippen LogP contribution in [0, 0.1) is 25.2 Å². The van der Waals surface area contributed by atoms with E-state index in [-0.39, 0.29) is 5.91 Å². The molecule has 3 aromatic rings. The van der Waals surface area contributed by atoms with Crippen LogP contribution in [0.15, 0.2) is 53.1 Å². The zero-order chi connectivity index (χ0) is 23.2. The molecule has 0 atom stereocenters. The minimum absolute atomic E-state index is 0.0259. The van der Waals surface area contributed by atoms with Crippen LogP contribution >= 0.6 is 0 Å². The van der Waals surface area contributed by atoms with Gasteiger partial charge in [0.05, 0.1) is 22.9 Å². The number of aromatic nitrogens is 1. The van der Waals surface area contributed by atoms with Gasteiger partial charge < -0.3 is 14.2 Å². The standard InChI is InChI=1S/C26H28N4O3/c1-19-25(20(2)33-28-19)18-32-24-6-3-5-23(15-24)26(31)30-12-4-11-29(13-14-30)17-22-9-7-21(16-27)8-10-22/h3,5-10,15H,4,11-14,17-18H2,1-2H3. The Morgan fingerprint density at radius 3 is 2.67 bits per heavy atom. The lowest BCUT2D eigenvalue weighted by Crippen LogP contribution is -2.35. The Kier molecular flexibility index (Phi) is 7.06. The highest BCUT2D eigenvalue weighted by Gasteiger charge is 2.21. The van der Waals surface area contributed by atoms with Crippen molar-refractivity contribution < 1.29 is 14.1 Å². The van der Waals surface area contributed by atoms with Crippen molar-refractivity contribution in [1.82, 2.24) is 15.0 Å². The molecule has 0 spiro atoms. The van der Waals surface area contributed by atoms with Gasteiger partial charge in [0, 0.05) is 38.3 Å². The smallest absolute Gasteiger partial charge is 0.254 e. The number of carbonyl (C=O) groups is 1. The number of amides is 1. The molecule has 1 aromatic heterocycles. The van der Waals surface area contributed by atoms with Crippen molar-refractivity contribution in [2.24, 2.45) is 0 Å². The molecule has 1 amide bonds. The van der Waals surface area contributed by atoms with Crippen LogP contribution in [-0.2, 0) is 13.2 Å². The third-order valence-electron chi connectivity index (χ3n) is 6.01. The average Bonchev–Trinajstić information content (AvgIpc) is 3.01. The third kappa shape index (κ3) is 5.60. The molecule has 0 unspecified atom stereocenters. The number of hydrogen-bond acceptors (Lipinski definition) is 6. The molecule has 2 aromatic carbocycles. The number of carbonyl (C=O) groups excluding carboxylic acids is 1. The van der Waals surface area contributed by atoms with Crippen LogP contribution in [0.1, 0.15) is 44.9 Å². The predicted molar refractivity (Wildman–Crippen MR) is 124 cm³/mol. The molecule has 1 fully saturated rings. The van der Waals surface area contributed by atoms with E-state index < -0.39 is 0 Å². The van der Waals surface area contributed by atoms with Gasteiger partial charge in [0.1, 0.15) is 18.1 Å². The summed E-state index contributed by atoms with van der Waals surface area (Å²) >= 11 is 0. The summed E-state index contributed by atoms with van der Waals surface area (Å²) in [5.41, 5.74) is 4.23. The van der Waals surface area contributed by atoms with Gasteiger partial charge in [-0.05, 0) is 56.2 Å². The summed E-state index contributed by atoms with van der Waals surface area (Å²) in [6.07, 6.45) is 0.921. The fourth-order valence-electron chi connectivity index (χ4n) is 4.04. The van der Waals surface area contributed by atoms with E-state index >= 15 is 0 Å². The lowest BCUT2D eigenvalue weighted by molar-refractivity contribution is 0.0760. The van der Waals surface area contributed by atoms with Crippen molar-refractivity contribution in [3.05, 3.63) is 82.2 Å². The molecule has 1 saturated heterocycles. The monoisotopic (exact) mass is 444 g/mol. The quantitative estimate of drug-likeness (QED) is 0.570. The van der Waals surface area contributed by atoms with Gasteiger partial charge in [-0.3, -0.25) is 9.69 Å². The third-order valence-corrected chi connectivity index (χ3v) is 6.01. The van der Waals surface area contributed by atoms with Crippen molar-refractivity contribution in [1.29, 1.82) is 5.26 Å². The Morgan fingerprint density at radius 1 is 1.12 bits per heavy atom. The van der Waals surface area contributed by atoms with E-state index in [4.69, 9.17) is 14.5 Å². The Morgan fingerprint density at radius 2 is 1.94 bits per heavy atom. The van der Waals surface area contributed by atoms with Gasteiger partial charge >= 0.3 is 0 Å². The summed E-state index contributed by atoms with van der Waals surface area (Å²) in [6.45, 7) is 8.08. The maximum atomic E-state index is 13.2. The summed E-state index contributed by atoms with van der Waals surface area (Å²) in [6, 6.07) is 17.2. The van der Waals surface area contributed by atoms with E-state index in [0.29, 0.717) is 30.0 Å². The maximum Gasteiger partial charge on any atom is 0.254 e. The lowest BCUT2D eigenvalue weighted by atomic mass is 10.1. The van der Waals surface area contributed by atoms with Gasteiger partial charge in [0.15, 0.2) is 0 Å². The van der Waals surface area contributed by atoms with E-state index in [1.807, 2.05) is 61.2 Å². The Hall–Kier alpha value is -3.63. The second kappa shape index (κ2) is 10.3. The van der Waals surface area contributed by atoms with Crippen LogP contribution in [-0.4, -0.2) is 47.0 Å². The van der Waals surface area contributed by atoms with Crippen molar-refractivity contribution in [2.45, 2.75) is 33.4 Å². The molecule has 170 valence electrons. The Balaban J connectivity index is 1.35. The van der Waals surface area contributed by atoms with Crippen LogP contribution in [0.2, 0.25) is 0 Å². The van der Waals surface area contributed by atoms with E-state index in [0.717, 1.165) is 49.6 Å². The molecule has 0 bridgehead atoms. The van der Waals surface area contributed by atoms with Gasteiger partial charge in [-0.25, -0.2) is 0 Å². The molecule has 1 aliphatic rings. The van der Waals surface area contributed by atoms with Crippen molar-refractivity contribution in [2.75, 3.05) is 26.2 Å². The van der Waals surface area contributed by atoms with E-state index in [2.05, 4.69) is 16.1 Å². The SMILES string of the molecule is Cc1noc(C)c1COc1cccc(C(=O)N2CCCN(Cc3ccc(C#N)cc3)CC2)c1. The number of ether oxygens (including phenoxy) is 1. The molecule has 2 heterocycles. The molecule has 4 rings (SSSR count). The van der Waals surface area contributed by atoms with Gasteiger partial charge in [-0.1, -0.05) is 23.4 Å². The molecule has 0 aliphatic carbocycles. The summed E-state index contributed by atoms with van der Waals surface area (Å²) in [5.74, 6) is 1.42. The maximum absolute atomic E-state index is 13.2. The molecular weight excluding hydrogens is 416 g/mol. The van der Waals surface area contributed by atoms with Crippen molar-refractivity contribution in [3.63, 3.8) is 0 Å². The number of rotatable bonds is 6. The molecular formula is C26H28N4O3. The first-order chi connectivity index (χ1) is 16.0. The van der Waals surface area contributed by atoms with Crippen LogP contribution in [0.5, 0.6) is 5.75 Å². The lowest BCUT2D eigenvalue weighted by Gasteiger charge is -2.22. The molecule has 1 aliphatic heterocycles. The topological polar surface area (TPSA) is 82.6 Å².